The zero-order valence-corrected chi connectivity index (χ0v) is 18.1. The van der Waals surface area contributed by atoms with E-state index in [0.717, 1.165) is 31.3 Å². The van der Waals surface area contributed by atoms with E-state index < -0.39 is 11.7 Å². The summed E-state index contributed by atoms with van der Waals surface area (Å²) < 4.78 is 11.1. The van der Waals surface area contributed by atoms with Crippen LogP contribution in [0, 0.1) is 0 Å². The monoisotopic (exact) mass is 386 g/mol. The Morgan fingerprint density at radius 1 is 1.07 bits per heavy atom. The molecular formula is C24H34O4. The Morgan fingerprint density at radius 3 is 2.29 bits per heavy atom. The summed E-state index contributed by atoms with van der Waals surface area (Å²) in [6.45, 7) is 11.7. The van der Waals surface area contributed by atoms with E-state index in [1.807, 2.05) is 6.92 Å². The van der Waals surface area contributed by atoms with Crippen LogP contribution in [0.1, 0.15) is 73.6 Å². The minimum atomic E-state index is -0.836. The van der Waals surface area contributed by atoms with Crippen molar-refractivity contribution in [1.29, 1.82) is 0 Å². The van der Waals surface area contributed by atoms with Gasteiger partial charge in [0.1, 0.15) is 6.10 Å². The Balaban J connectivity index is 1.87. The number of fused-ring (bicyclic) bond motifs is 1. The van der Waals surface area contributed by atoms with Crippen molar-refractivity contribution < 1.29 is 19.1 Å². The lowest BCUT2D eigenvalue weighted by molar-refractivity contribution is -0.145. The van der Waals surface area contributed by atoms with E-state index in [-0.39, 0.29) is 17.9 Å². The molecule has 0 radical (unpaired) electrons. The Kier molecular flexibility index (Phi) is 7.59. The summed E-state index contributed by atoms with van der Waals surface area (Å²) in [5.41, 5.74) is 3.95. The Labute approximate surface area is 169 Å². The molecule has 1 aliphatic carbocycles. The summed E-state index contributed by atoms with van der Waals surface area (Å²) >= 11 is 0. The van der Waals surface area contributed by atoms with Crippen molar-refractivity contribution in [2.24, 2.45) is 0 Å². The van der Waals surface area contributed by atoms with Gasteiger partial charge in [-0.2, -0.15) is 0 Å². The smallest absolute Gasteiger partial charge is 0.303 e. The van der Waals surface area contributed by atoms with Gasteiger partial charge >= 0.3 is 5.97 Å². The number of carbonyl (C=O) groups excluding carboxylic acids is 2. The van der Waals surface area contributed by atoms with Crippen LogP contribution in [0.4, 0.5) is 0 Å². The molecule has 1 saturated heterocycles. The summed E-state index contributed by atoms with van der Waals surface area (Å²) in [7, 11) is 0. The normalized spacial score (nSPS) is 27.1. The molecule has 0 spiro atoms. The molecule has 0 bridgehead atoms. The fraction of sp³-hybridized carbons (Fsp3) is 0.583. The molecule has 0 amide bonds. The van der Waals surface area contributed by atoms with Gasteiger partial charge in [0.25, 0.3) is 0 Å². The van der Waals surface area contributed by atoms with E-state index >= 15 is 0 Å². The van der Waals surface area contributed by atoms with Crippen molar-refractivity contribution >= 4 is 11.8 Å². The zero-order valence-electron chi connectivity index (χ0n) is 18.1. The highest BCUT2D eigenvalue weighted by atomic mass is 16.7. The van der Waals surface area contributed by atoms with Crippen molar-refractivity contribution in [1.82, 2.24) is 0 Å². The third kappa shape index (κ3) is 5.78. The van der Waals surface area contributed by atoms with Gasteiger partial charge in [0.05, 0.1) is 0 Å². The van der Waals surface area contributed by atoms with Crippen molar-refractivity contribution in [2.45, 2.75) is 91.5 Å². The maximum atomic E-state index is 12.5. The van der Waals surface area contributed by atoms with E-state index in [2.05, 4.69) is 45.9 Å². The van der Waals surface area contributed by atoms with Crippen LogP contribution in [0.5, 0.6) is 0 Å². The molecule has 2 aliphatic rings. The Hall–Kier alpha value is -1.94. The molecule has 4 nitrogen and oxygen atoms in total. The molecule has 1 fully saturated rings. The van der Waals surface area contributed by atoms with Gasteiger partial charge in [0, 0.05) is 13.3 Å². The molecule has 3 atom stereocenters. The predicted octanol–water partition coefficient (Wildman–Crippen LogP) is 5.39. The Morgan fingerprint density at radius 2 is 1.68 bits per heavy atom. The van der Waals surface area contributed by atoms with Crippen LogP contribution >= 0.6 is 0 Å². The molecule has 0 unspecified atom stereocenters. The first-order chi connectivity index (χ1) is 13.2. The van der Waals surface area contributed by atoms with E-state index in [1.165, 1.54) is 23.6 Å². The van der Waals surface area contributed by atoms with E-state index in [0.29, 0.717) is 6.42 Å². The van der Waals surface area contributed by atoms with Crippen LogP contribution in [-0.2, 0) is 19.1 Å². The standard InChI is InChI=1S/C24H34O4/c1-16(2)9-7-10-17(3)11-8-12-18(4)13-14-24-21(26)15-19(5)22(23(24)28-24)27-20(6)25/h9,11,13,15,22-23H,7-8,10,12,14H2,1-6H3/b17-11+,18-13+/t22-,23-,24+/m1/s1. The first-order valence-corrected chi connectivity index (χ1v) is 10.2. The summed E-state index contributed by atoms with van der Waals surface area (Å²) in [4.78, 5) is 23.8. The molecule has 1 aliphatic heterocycles. The lowest BCUT2D eigenvalue weighted by atomic mass is 9.84. The minimum Gasteiger partial charge on any atom is -0.455 e. The minimum absolute atomic E-state index is 0.0162. The van der Waals surface area contributed by atoms with Crippen molar-refractivity contribution in [2.75, 3.05) is 0 Å². The topological polar surface area (TPSA) is 55.9 Å². The lowest BCUT2D eigenvalue weighted by Gasteiger charge is -2.22. The highest BCUT2D eigenvalue weighted by molar-refractivity contribution is 6.02. The van der Waals surface area contributed by atoms with E-state index in [4.69, 9.17) is 9.47 Å². The number of carbonyl (C=O) groups is 2. The second-order valence-corrected chi connectivity index (χ2v) is 8.37. The molecule has 0 aromatic heterocycles. The van der Waals surface area contributed by atoms with Gasteiger partial charge in [-0.25, -0.2) is 0 Å². The summed E-state index contributed by atoms with van der Waals surface area (Å²) in [5.74, 6) is -0.368. The van der Waals surface area contributed by atoms with Gasteiger partial charge in [-0.05, 0) is 72.0 Å². The van der Waals surface area contributed by atoms with Crippen LogP contribution < -0.4 is 0 Å². The number of epoxide rings is 1. The number of ketones is 1. The number of allylic oxidation sites excluding steroid dienone is 5. The van der Waals surface area contributed by atoms with Gasteiger partial charge in [0.15, 0.2) is 17.5 Å². The number of rotatable bonds is 9. The fourth-order valence-corrected chi connectivity index (χ4v) is 3.61. The maximum Gasteiger partial charge on any atom is 0.303 e. The molecule has 0 aromatic rings. The Bertz CT molecular complexity index is 734. The number of ether oxygens (including phenoxy) is 2. The molecule has 4 heteroatoms. The largest absolute Gasteiger partial charge is 0.455 e. The first kappa shape index (κ1) is 22.4. The summed E-state index contributed by atoms with van der Waals surface area (Å²) in [6.07, 6.45) is 12.2. The van der Waals surface area contributed by atoms with Crippen molar-refractivity contribution in [3.63, 3.8) is 0 Å². The summed E-state index contributed by atoms with van der Waals surface area (Å²) in [6, 6.07) is 0. The molecule has 0 aromatic carbocycles. The van der Waals surface area contributed by atoms with Gasteiger partial charge in [0.2, 0.25) is 0 Å². The molecule has 2 rings (SSSR count). The predicted molar refractivity (Wildman–Crippen MR) is 112 cm³/mol. The van der Waals surface area contributed by atoms with Gasteiger partial charge < -0.3 is 9.47 Å². The molecule has 0 saturated carbocycles. The number of hydrogen-bond acceptors (Lipinski definition) is 4. The molecular weight excluding hydrogens is 352 g/mol. The highest BCUT2D eigenvalue weighted by Gasteiger charge is 2.67. The summed E-state index contributed by atoms with van der Waals surface area (Å²) in [5, 5.41) is 0. The third-order valence-electron chi connectivity index (χ3n) is 5.41. The van der Waals surface area contributed by atoms with Gasteiger partial charge in [-0.1, -0.05) is 34.9 Å². The molecule has 154 valence electrons. The molecule has 0 N–H and O–H groups in total. The van der Waals surface area contributed by atoms with Crippen molar-refractivity contribution in [3.8, 4) is 0 Å². The first-order valence-electron chi connectivity index (χ1n) is 10.2. The average molecular weight is 387 g/mol. The average Bonchev–Trinajstić information content (AvgIpc) is 3.33. The highest BCUT2D eigenvalue weighted by Crippen LogP contribution is 2.49. The zero-order chi connectivity index (χ0) is 20.9. The fourth-order valence-electron chi connectivity index (χ4n) is 3.61. The second-order valence-electron chi connectivity index (χ2n) is 8.37. The van der Waals surface area contributed by atoms with Crippen LogP contribution in [0.2, 0.25) is 0 Å². The lowest BCUT2D eigenvalue weighted by Crippen LogP contribution is -2.38. The quantitative estimate of drug-likeness (QED) is 0.303. The second kappa shape index (κ2) is 9.51. The molecule has 28 heavy (non-hydrogen) atoms. The number of esters is 1. The SMILES string of the molecule is CC(=O)O[C@@H]1C(C)=CC(=O)[C@]2(C/C=C(\C)CC/C=C(\C)CCC=C(C)C)O[C@H]12. The van der Waals surface area contributed by atoms with E-state index in [1.54, 1.807) is 6.08 Å². The van der Waals surface area contributed by atoms with E-state index in [9.17, 15) is 9.59 Å². The van der Waals surface area contributed by atoms with Crippen LogP contribution in [-0.4, -0.2) is 29.6 Å². The molecule has 1 heterocycles. The van der Waals surface area contributed by atoms with Crippen LogP contribution in [0.15, 0.2) is 46.6 Å². The van der Waals surface area contributed by atoms with Crippen LogP contribution in [0.3, 0.4) is 0 Å². The van der Waals surface area contributed by atoms with Crippen molar-refractivity contribution in [3.05, 3.63) is 46.6 Å². The number of hydrogen-bond donors (Lipinski definition) is 0. The van der Waals surface area contributed by atoms with Gasteiger partial charge in [-0.3, -0.25) is 9.59 Å². The third-order valence-corrected chi connectivity index (χ3v) is 5.41. The van der Waals surface area contributed by atoms with Gasteiger partial charge in [-0.15, -0.1) is 0 Å². The van der Waals surface area contributed by atoms with Crippen LogP contribution in [0.25, 0.3) is 0 Å². The maximum absolute atomic E-state index is 12.5.